The fourth-order valence-electron chi connectivity index (χ4n) is 0.787. The van der Waals surface area contributed by atoms with Gasteiger partial charge in [-0.15, -0.1) is 5.11 Å². The van der Waals surface area contributed by atoms with Crippen LogP contribution in [0.25, 0.3) is 0 Å². The van der Waals surface area contributed by atoms with E-state index in [1.54, 1.807) is 0 Å². The summed E-state index contributed by atoms with van der Waals surface area (Å²) in [5, 5.41) is 7.17. The minimum absolute atomic E-state index is 0.0741. The van der Waals surface area contributed by atoms with Crippen LogP contribution in [0.2, 0.25) is 0 Å². The molecule has 0 unspecified atom stereocenters. The number of rotatable bonds is 0. The van der Waals surface area contributed by atoms with Gasteiger partial charge in [0, 0.05) is 12.3 Å². The highest BCUT2D eigenvalue weighted by Gasteiger charge is 2.19. The standard InChI is InChI=1S/C6H3N3O/c10-5-1-2-7-6-4(5)3-8-9-6/h1-3H. The van der Waals surface area contributed by atoms with E-state index in [1.165, 1.54) is 18.5 Å². The molecule has 0 aromatic heterocycles. The summed E-state index contributed by atoms with van der Waals surface area (Å²) in [5.74, 6) is 0.350. The highest BCUT2D eigenvalue weighted by molar-refractivity contribution is 6.27. The van der Waals surface area contributed by atoms with Crippen LogP contribution in [0.15, 0.2) is 39.3 Å². The first-order valence-electron chi connectivity index (χ1n) is 2.78. The van der Waals surface area contributed by atoms with Gasteiger partial charge in [-0.05, 0) is 0 Å². The zero-order valence-electron chi connectivity index (χ0n) is 4.98. The van der Waals surface area contributed by atoms with Gasteiger partial charge in [0.2, 0.25) is 0 Å². The van der Waals surface area contributed by atoms with Crippen molar-refractivity contribution in [2.45, 2.75) is 0 Å². The smallest absolute Gasteiger partial charge is 0.192 e. The summed E-state index contributed by atoms with van der Waals surface area (Å²) < 4.78 is 0. The van der Waals surface area contributed by atoms with Crippen LogP contribution in [0.4, 0.5) is 0 Å². The van der Waals surface area contributed by atoms with Crippen molar-refractivity contribution >= 4 is 11.6 Å². The molecule has 10 heavy (non-hydrogen) atoms. The van der Waals surface area contributed by atoms with Crippen molar-refractivity contribution < 1.29 is 4.79 Å². The van der Waals surface area contributed by atoms with Crippen LogP contribution >= 0.6 is 0 Å². The molecule has 0 atom stereocenters. The van der Waals surface area contributed by atoms with Crippen LogP contribution in [-0.2, 0) is 4.79 Å². The number of azo groups is 1. The Morgan fingerprint density at radius 1 is 1.40 bits per heavy atom. The predicted molar refractivity (Wildman–Crippen MR) is 34.5 cm³/mol. The third-order valence-electron chi connectivity index (χ3n) is 1.27. The number of ketones is 1. The van der Waals surface area contributed by atoms with Crippen molar-refractivity contribution in [1.82, 2.24) is 0 Å². The third kappa shape index (κ3) is 0.556. The fraction of sp³-hybridized carbons (Fsp3) is 0. The molecule has 0 spiro atoms. The minimum atomic E-state index is -0.0741. The molecule has 2 heterocycles. The highest BCUT2D eigenvalue weighted by atomic mass is 16.1. The summed E-state index contributed by atoms with van der Waals surface area (Å²) in [6.45, 7) is 0. The van der Waals surface area contributed by atoms with Gasteiger partial charge in [-0.2, -0.15) is 5.11 Å². The third-order valence-corrected chi connectivity index (χ3v) is 1.27. The summed E-state index contributed by atoms with van der Waals surface area (Å²) in [4.78, 5) is 14.7. The number of aliphatic imine (C=N–C) groups is 1. The quantitative estimate of drug-likeness (QED) is 0.482. The Labute approximate surface area is 56.7 Å². The normalized spacial score (nSPS) is 20.6. The van der Waals surface area contributed by atoms with Crippen molar-refractivity contribution in [1.29, 1.82) is 0 Å². The van der Waals surface area contributed by atoms with Crippen LogP contribution in [0.3, 0.4) is 0 Å². The molecule has 0 radical (unpaired) electrons. The maximum atomic E-state index is 10.9. The lowest BCUT2D eigenvalue weighted by Crippen LogP contribution is -2.08. The average molecular weight is 133 g/mol. The lowest BCUT2D eigenvalue weighted by molar-refractivity contribution is -0.110. The molecule has 0 aromatic carbocycles. The van der Waals surface area contributed by atoms with Gasteiger partial charge < -0.3 is 0 Å². The molecular weight excluding hydrogens is 130 g/mol. The number of carbonyl (C=O) groups excluding carboxylic acids is 1. The van der Waals surface area contributed by atoms with Gasteiger partial charge in [0.15, 0.2) is 11.6 Å². The summed E-state index contributed by atoms with van der Waals surface area (Å²) in [5.41, 5.74) is 0.488. The molecule has 4 heteroatoms. The van der Waals surface area contributed by atoms with E-state index in [-0.39, 0.29) is 5.78 Å². The number of amidine groups is 1. The van der Waals surface area contributed by atoms with Gasteiger partial charge in [-0.3, -0.25) is 4.79 Å². The number of carbonyl (C=O) groups is 1. The van der Waals surface area contributed by atoms with Gasteiger partial charge >= 0.3 is 0 Å². The van der Waals surface area contributed by atoms with Crippen LogP contribution in [0.5, 0.6) is 0 Å². The second-order valence-electron chi connectivity index (χ2n) is 1.89. The van der Waals surface area contributed by atoms with E-state index in [9.17, 15) is 4.79 Å². The Hall–Kier alpha value is -1.58. The van der Waals surface area contributed by atoms with Gasteiger partial charge in [-0.1, -0.05) is 0 Å². The van der Waals surface area contributed by atoms with Crippen molar-refractivity contribution in [2.75, 3.05) is 0 Å². The summed E-state index contributed by atoms with van der Waals surface area (Å²) >= 11 is 0. The minimum Gasteiger partial charge on any atom is -0.289 e. The molecule has 0 aliphatic carbocycles. The zero-order valence-corrected chi connectivity index (χ0v) is 4.98. The molecule has 2 rings (SSSR count). The largest absolute Gasteiger partial charge is 0.289 e. The van der Waals surface area contributed by atoms with Crippen molar-refractivity contribution in [3.8, 4) is 0 Å². The molecule has 4 nitrogen and oxygen atoms in total. The molecule has 0 aromatic rings. The van der Waals surface area contributed by atoms with Gasteiger partial charge in [0.25, 0.3) is 0 Å². The first kappa shape index (κ1) is 5.22. The lowest BCUT2D eigenvalue weighted by Gasteiger charge is -1.97. The first-order chi connectivity index (χ1) is 4.88. The molecule has 0 saturated heterocycles. The van der Waals surface area contributed by atoms with E-state index in [4.69, 9.17) is 0 Å². The zero-order chi connectivity index (χ0) is 6.97. The topological polar surface area (TPSA) is 54.1 Å². The monoisotopic (exact) mass is 133 g/mol. The average Bonchev–Trinajstić information content (AvgIpc) is 2.36. The molecule has 2 aliphatic heterocycles. The maximum Gasteiger partial charge on any atom is 0.192 e. The summed E-state index contributed by atoms with van der Waals surface area (Å²) in [6, 6.07) is 0. The van der Waals surface area contributed by atoms with E-state index in [0.717, 1.165) is 0 Å². The fourth-order valence-corrected chi connectivity index (χ4v) is 0.787. The summed E-state index contributed by atoms with van der Waals surface area (Å²) in [7, 11) is 0. The molecular formula is C6H3N3O. The summed E-state index contributed by atoms with van der Waals surface area (Å²) in [6.07, 6.45) is 4.25. The van der Waals surface area contributed by atoms with E-state index in [1.807, 2.05) is 0 Å². The predicted octanol–water partition coefficient (Wildman–Crippen LogP) is 0.831. The van der Waals surface area contributed by atoms with E-state index in [2.05, 4.69) is 15.2 Å². The number of hydrogen-bond acceptors (Lipinski definition) is 4. The Balaban J connectivity index is 2.54. The number of hydrogen-bond donors (Lipinski definition) is 0. The molecule has 0 bridgehead atoms. The number of allylic oxidation sites excluding steroid dienone is 1. The van der Waals surface area contributed by atoms with Gasteiger partial charge in [0.05, 0.1) is 11.8 Å². The van der Waals surface area contributed by atoms with Crippen LogP contribution in [0, 0.1) is 0 Å². The molecule has 0 fully saturated rings. The highest BCUT2D eigenvalue weighted by Crippen LogP contribution is 2.14. The van der Waals surface area contributed by atoms with Crippen LogP contribution < -0.4 is 0 Å². The van der Waals surface area contributed by atoms with Crippen LogP contribution in [-0.4, -0.2) is 11.6 Å². The number of nitrogens with zero attached hydrogens (tertiary/aromatic N) is 3. The van der Waals surface area contributed by atoms with Crippen molar-refractivity contribution in [2.24, 2.45) is 15.2 Å². The van der Waals surface area contributed by atoms with Gasteiger partial charge in [-0.25, -0.2) is 4.99 Å². The first-order valence-corrected chi connectivity index (χ1v) is 2.78. The Morgan fingerprint density at radius 2 is 2.30 bits per heavy atom. The second-order valence-corrected chi connectivity index (χ2v) is 1.89. The van der Waals surface area contributed by atoms with Gasteiger partial charge in [0.1, 0.15) is 0 Å². The van der Waals surface area contributed by atoms with E-state index in [0.29, 0.717) is 11.4 Å². The SMILES string of the molecule is O=C1C=CN=C2N=NC=C12. The Morgan fingerprint density at radius 3 is 3.10 bits per heavy atom. The molecule has 2 aliphatic rings. The molecule has 0 saturated carbocycles. The Bertz CT molecular complexity index is 303. The van der Waals surface area contributed by atoms with Crippen LogP contribution in [0.1, 0.15) is 0 Å². The maximum absolute atomic E-state index is 10.9. The Kier molecular flexibility index (Phi) is 0.887. The molecule has 48 valence electrons. The van der Waals surface area contributed by atoms with Crippen molar-refractivity contribution in [3.63, 3.8) is 0 Å². The van der Waals surface area contributed by atoms with E-state index < -0.39 is 0 Å². The van der Waals surface area contributed by atoms with E-state index >= 15 is 0 Å². The lowest BCUT2D eigenvalue weighted by atomic mass is 10.1. The molecule has 0 amide bonds. The van der Waals surface area contributed by atoms with Crippen molar-refractivity contribution in [3.05, 3.63) is 24.0 Å². The number of fused-ring (bicyclic) bond motifs is 1. The molecule has 0 N–H and O–H groups in total. The second kappa shape index (κ2) is 1.70.